The predicted octanol–water partition coefficient (Wildman–Crippen LogP) is 4.52. The van der Waals surface area contributed by atoms with Crippen LogP contribution in [0.1, 0.15) is 48.5 Å². The maximum Gasteiger partial charge on any atom is 0.430 e. The van der Waals surface area contributed by atoms with Crippen LogP contribution < -0.4 is 5.11 Å². The molecule has 0 aromatic heterocycles. The summed E-state index contributed by atoms with van der Waals surface area (Å²) in [6.45, 7) is 19.7. The molecule has 0 saturated heterocycles. The van der Waals surface area contributed by atoms with Gasteiger partial charge in [0.2, 0.25) is 0 Å². The fourth-order valence-electron chi connectivity index (χ4n) is 1.79. The molecule has 7 heteroatoms. The zero-order chi connectivity index (χ0) is 18.7. The van der Waals surface area contributed by atoms with Gasteiger partial charge in [-0.3, -0.25) is 0 Å². The monoisotopic (exact) mass is 434 g/mol. The van der Waals surface area contributed by atoms with Gasteiger partial charge >= 0.3 is 49.3 Å². The Kier molecular flexibility index (Phi) is 16.6. The molecular weight excluding hydrogens is 407 g/mol. The average Bonchev–Trinajstić information content (AvgIpc) is 2.27. The summed E-state index contributed by atoms with van der Waals surface area (Å²) >= 11 is 2.99. The first-order valence-corrected chi connectivity index (χ1v) is 9.54. The van der Waals surface area contributed by atoms with E-state index < -0.39 is 12.1 Å². The molecule has 0 rings (SSSR count). The second-order valence-electron chi connectivity index (χ2n) is 5.58. The minimum atomic E-state index is -5.19. The van der Waals surface area contributed by atoms with Crippen molar-refractivity contribution in [2.45, 2.75) is 76.5 Å². The van der Waals surface area contributed by atoms with Gasteiger partial charge in [-0.15, -0.1) is 0 Å². The SMILES string of the molecule is C=C(C)[CH2][Pd+].CC(C)P(C(C)C)C(C)C.O=C([O-])C(F)(F)F. The number of rotatable bonds is 4. The summed E-state index contributed by atoms with van der Waals surface area (Å²) < 4.78 is 31.5. The van der Waals surface area contributed by atoms with E-state index in [1.807, 2.05) is 6.92 Å². The van der Waals surface area contributed by atoms with E-state index in [1.54, 1.807) is 0 Å². The Hall–Kier alpha value is 0.0923. The third-order valence-corrected chi connectivity index (χ3v) is 6.73. The third-order valence-electron chi connectivity index (χ3n) is 2.21. The number of halogens is 3. The summed E-state index contributed by atoms with van der Waals surface area (Å²) in [5.74, 6) is -3.01. The summed E-state index contributed by atoms with van der Waals surface area (Å²) in [5.41, 5.74) is 3.88. The third kappa shape index (κ3) is 18.1. The maximum atomic E-state index is 10.5. The van der Waals surface area contributed by atoms with Gasteiger partial charge < -0.3 is 9.90 Å². The number of carboxylic acid groups (broad SMARTS) is 1. The van der Waals surface area contributed by atoms with Crippen molar-refractivity contribution in [1.82, 2.24) is 0 Å². The smallest absolute Gasteiger partial charge is 0.430 e. The first-order valence-electron chi connectivity index (χ1n) is 6.89. The van der Waals surface area contributed by atoms with E-state index in [-0.39, 0.29) is 7.92 Å². The van der Waals surface area contributed by atoms with Crippen LogP contribution in [0.4, 0.5) is 13.2 Å². The molecule has 0 heterocycles. The number of hydrogen-bond acceptors (Lipinski definition) is 2. The number of carbonyl (C=O) groups excluding carboxylic acids is 1. The van der Waals surface area contributed by atoms with Crippen LogP contribution in [-0.2, 0) is 24.0 Å². The number of aliphatic carboxylic acids is 1. The van der Waals surface area contributed by atoms with E-state index in [9.17, 15) is 13.2 Å². The van der Waals surface area contributed by atoms with Crippen molar-refractivity contribution in [1.29, 1.82) is 0 Å². The van der Waals surface area contributed by atoms with Crippen molar-refractivity contribution >= 4 is 13.9 Å². The van der Waals surface area contributed by atoms with Crippen LogP contribution in [0.25, 0.3) is 0 Å². The van der Waals surface area contributed by atoms with Crippen molar-refractivity contribution in [3.63, 3.8) is 0 Å². The molecule has 136 valence electrons. The molecule has 0 aliphatic carbocycles. The maximum absolute atomic E-state index is 10.5. The molecule has 0 spiro atoms. The van der Waals surface area contributed by atoms with Gasteiger partial charge in [0, 0.05) is 0 Å². The quantitative estimate of drug-likeness (QED) is 0.371. The van der Waals surface area contributed by atoms with Crippen LogP contribution in [0.15, 0.2) is 12.2 Å². The molecule has 0 radical (unpaired) electrons. The van der Waals surface area contributed by atoms with E-state index in [0.717, 1.165) is 21.9 Å². The van der Waals surface area contributed by atoms with Crippen molar-refractivity contribution in [2.75, 3.05) is 0 Å². The normalized spacial score (nSPS) is 11.1. The van der Waals surface area contributed by atoms with Gasteiger partial charge in [0.05, 0.1) is 0 Å². The molecule has 0 aromatic carbocycles. The summed E-state index contributed by atoms with van der Waals surface area (Å²) in [5, 5.41) is 8.78. The van der Waals surface area contributed by atoms with Crippen molar-refractivity contribution in [3.8, 4) is 0 Å². The van der Waals surface area contributed by atoms with Crippen molar-refractivity contribution in [3.05, 3.63) is 12.2 Å². The summed E-state index contributed by atoms with van der Waals surface area (Å²) in [7, 11) is 0.262. The minimum absolute atomic E-state index is 0.262. The molecule has 0 N–H and O–H groups in total. The van der Waals surface area contributed by atoms with Crippen LogP contribution in [0.2, 0.25) is 4.89 Å². The minimum Gasteiger partial charge on any atom is -0.542 e. The number of alkyl halides is 3. The molecular formula is C15H28F3O2PPd. The zero-order valence-electron chi connectivity index (χ0n) is 14.4. The molecule has 22 heavy (non-hydrogen) atoms. The van der Waals surface area contributed by atoms with E-state index in [0.29, 0.717) is 0 Å². The van der Waals surface area contributed by atoms with E-state index in [4.69, 9.17) is 9.90 Å². The van der Waals surface area contributed by atoms with Crippen LogP contribution in [0.5, 0.6) is 0 Å². The zero-order valence-corrected chi connectivity index (χ0v) is 16.8. The standard InChI is InChI=1S/C9H21P.C4H7.C2HF3O2.Pd/c1-7(2)10(8(3)4)9(5)6;1-4(2)3;3-2(4,5)1(6)7;/h7-9H,1-6H3;1-2H2,3H3;(H,6,7);/q;;;+1/p-1. The van der Waals surface area contributed by atoms with Gasteiger partial charge in [0.25, 0.3) is 0 Å². The molecule has 0 fully saturated rings. The van der Waals surface area contributed by atoms with E-state index >= 15 is 0 Å². The van der Waals surface area contributed by atoms with E-state index in [1.165, 1.54) is 5.57 Å². The molecule has 0 saturated carbocycles. The van der Waals surface area contributed by atoms with Crippen molar-refractivity contribution in [2.24, 2.45) is 0 Å². The number of allylic oxidation sites excluding steroid dienone is 1. The van der Waals surface area contributed by atoms with Crippen molar-refractivity contribution < 1.29 is 42.3 Å². The Morgan fingerprint density at radius 2 is 1.27 bits per heavy atom. The molecule has 0 unspecified atom stereocenters. The van der Waals surface area contributed by atoms with Crippen LogP contribution >= 0.6 is 7.92 Å². The molecule has 0 amide bonds. The largest absolute Gasteiger partial charge is 0.542 e. The van der Waals surface area contributed by atoms with E-state index in [2.05, 4.69) is 67.3 Å². The summed E-state index contributed by atoms with van der Waals surface area (Å²) in [6.07, 6.45) is -5.19. The number of carboxylic acids is 1. The summed E-state index contributed by atoms with van der Waals surface area (Å²) in [4.78, 5) is 9.75. The Morgan fingerprint density at radius 1 is 1.09 bits per heavy atom. The van der Waals surface area contributed by atoms with Gasteiger partial charge in [-0.2, -0.15) is 13.2 Å². The Bertz CT molecular complexity index is 297. The fraction of sp³-hybridized carbons (Fsp3) is 0.800. The average molecular weight is 435 g/mol. The second-order valence-corrected chi connectivity index (χ2v) is 10.1. The van der Waals surface area contributed by atoms with Crippen LogP contribution in [0.3, 0.4) is 0 Å². The molecule has 2 nitrogen and oxygen atoms in total. The Labute approximate surface area is 145 Å². The number of hydrogen-bond donors (Lipinski definition) is 0. The topological polar surface area (TPSA) is 40.1 Å². The van der Waals surface area contributed by atoms with Gasteiger partial charge in [0.15, 0.2) is 0 Å². The molecule has 0 atom stereocenters. The molecule has 0 aromatic rings. The second kappa shape index (κ2) is 13.5. The van der Waals surface area contributed by atoms with Crippen LogP contribution in [-0.4, -0.2) is 29.1 Å². The summed E-state index contributed by atoms with van der Waals surface area (Å²) in [6, 6.07) is 0. The first kappa shape index (κ1) is 27.0. The number of carbonyl (C=O) groups is 1. The molecule has 0 bridgehead atoms. The van der Waals surface area contributed by atoms with Gasteiger partial charge in [-0.05, 0) is 17.0 Å². The Balaban J connectivity index is -0.000000263. The Morgan fingerprint density at radius 3 is 1.27 bits per heavy atom. The van der Waals surface area contributed by atoms with Gasteiger partial charge in [0.1, 0.15) is 5.97 Å². The molecule has 0 aliphatic heterocycles. The first-order chi connectivity index (χ1) is 9.68. The predicted molar refractivity (Wildman–Crippen MR) is 83.0 cm³/mol. The van der Waals surface area contributed by atoms with Gasteiger partial charge in [-0.25, -0.2) is 0 Å². The van der Waals surface area contributed by atoms with Crippen LogP contribution in [0, 0.1) is 0 Å². The molecule has 0 aliphatic rings. The van der Waals surface area contributed by atoms with Gasteiger partial charge in [-0.1, -0.05) is 49.5 Å². The fourth-order valence-corrected chi connectivity index (χ4v) is 5.37.